The fourth-order valence-corrected chi connectivity index (χ4v) is 3.54. The van der Waals surface area contributed by atoms with Crippen LogP contribution in [0.4, 0.5) is 5.82 Å². The van der Waals surface area contributed by atoms with E-state index in [1.807, 2.05) is 0 Å². The monoisotopic (exact) mass is 358 g/mol. The number of anilines is 1. The van der Waals surface area contributed by atoms with Crippen molar-refractivity contribution in [2.75, 3.05) is 20.0 Å². The maximum atomic E-state index is 9.68. The topological polar surface area (TPSA) is 107 Å². The largest absolute Gasteiger partial charge is 0.493 e. The molecule has 0 saturated heterocycles. The number of pyridine rings is 1. The highest BCUT2D eigenvalue weighted by Gasteiger charge is 2.27. The van der Waals surface area contributed by atoms with E-state index in [1.165, 1.54) is 7.11 Å². The first-order valence-electron chi connectivity index (χ1n) is 7.88. The van der Waals surface area contributed by atoms with Crippen molar-refractivity contribution in [2.45, 2.75) is 25.3 Å². The molecule has 0 aliphatic heterocycles. The van der Waals surface area contributed by atoms with E-state index in [0.717, 1.165) is 24.1 Å². The summed E-state index contributed by atoms with van der Waals surface area (Å²) in [5, 5.41) is 10.2. The van der Waals surface area contributed by atoms with Gasteiger partial charge < -0.3 is 20.9 Å². The van der Waals surface area contributed by atoms with Crippen molar-refractivity contribution in [1.82, 2.24) is 4.98 Å². The molecule has 1 atom stereocenters. The lowest BCUT2D eigenvalue weighted by atomic mass is 9.84. The number of aryl methyl sites for hydroxylation is 1. The maximum absolute atomic E-state index is 9.68. The molecule has 2 aromatic rings. The molecule has 0 spiro atoms. The summed E-state index contributed by atoms with van der Waals surface area (Å²) in [6.07, 6.45) is 2.17. The number of nitrogens with zero attached hydrogens (tertiary/aromatic N) is 2. The Kier molecular flexibility index (Phi) is 4.71. The Balaban J connectivity index is 2.40. The molecule has 3 rings (SSSR count). The molecule has 1 aliphatic rings. The van der Waals surface area contributed by atoms with E-state index in [1.54, 1.807) is 19.2 Å². The standard InChI is InChI=1S/C18H19ClN4O2/c1-24-15-6-9(19)5-12(17(15)25-2)16-11-7-10(21)3-4-14(11)23-18(22)13(16)8-20/h5-6,10H,3-4,7,21H2,1-2H3,(H2,22,23)/t10-/m0/s1. The average molecular weight is 359 g/mol. The van der Waals surface area contributed by atoms with Crippen LogP contribution < -0.4 is 20.9 Å². The third-order valence-electron chi connectivity index (χ3n) is 4.45. The van der Waals surface area contributed by atoms with Gasteiger partial charge in [-0.3, -0.25) is 0 Å². The number of nitriles is 1. The zero-order valence-electron chi connectivity index (χ0n) is 14.1. The number of nitrogens with two attached hydrogens (primary N) is 2. The number of hydrogen-bond donors (Lipinski definition) is 2. The van der Waals surface area contributed by atoms with Crippen molar-refractivity contribution in [3.63, 3.8) is 0 Å². The second kappa shape index (κ2) is 6.79. The van der Waals surface area contributed by atoms with Gasteiger partial charge in [-0.05, 0) is 30.9 Å². The first kappa shape index (κ1) is 17.3. The van der Waals surface area contributed by atoms with Gasteiger partial charge in [0, 0.05) is 34.0 Å². The number of ether oxygens (including phenoxy) is 2. The Morgan fingerprint density at radius 1 is 1.32 bits per heavy atom. The van der Waals surface area contributed by atoms with Gasteiger partial charge in [-0.1, -0.05) is 11.6 Å². The van der Waals surface area contributed by atoms with E-state index in [2.05, 4.69) is 11.1 Å². The maximum Gasteiger partial charge on any atom is 0.168 e. The Hall–Kier alpha value is -2.49. The van der Waals surface area contributed by atoms with Gasteiger partial charge in [0.15, 0.2) is 11.5 Å². The van der Waals surface area contributed by atoms with Crippen LogP contribution in [0.15, 0.2) is 12.1 Å². The normalized spacial score (nSPS) is 16.0. The van der Waals surface area contributed by atoms with Gasteiger partial charge >= 0.3 is 0 Å². The summed E-state index contributed by atoms with van der Waals surface area (Å²) >= 11 is 6.26. The summed E-state index contributed by atoms with van der Waals surface area (Å²) in [6, 6.07) is 5.59. The molecule has 0 saturated carbocycles. The second-order valence-electron chi connectivity index (χ2n) is 5.98. The number of nitrogen functional groups attached to an aromatic ring is 1. The van der Waals surface area contributed by atoms with Gasteiger partial charge in [0.1, 0.15) is 17.5 Å². The summed E-state index contributed by atoms with van der Waals surface area (Å²) in [6.45, 7) is 0. The predicted molar refractivity (Wildman–Crippen MR) is 96.9 cm³/mol. The molecule has 1 aromatic heterocycles. The zero-order chi connectivity index (χ0) is 18.1. The summed E-state index contributed by atoms with van der Waals surface area (Å²) in [5.41, 5.74) is 15.6. The Morgan fingerprint density at radius 2 is 2.08 bits per heavy atom. The van der Waals surface area contributed by atoms with Crippen LogP contribution in [0.1, 0.15) is 23.2 Å². The van der Waals surface area contributed by atoms with Gasteiger partial charge in [-0.15, -0.1) is 0 Å². The van der Waals surface area contributed by atoms with Gasteiger partial charge in [0.05, 0.1) is 14.2 Å². The fourth-order valence-electron chi connectivity index (χ4n) is 3.33. The minimum Gasteiger partial charge on any atom is -0.493 e. The molecule has 0 fully saturated rings. The number of methoxy groups -OCH3 is 2. The highest BCUT2D eigenvalue weighted by atomic mass is 35.5. The molecule has 6 nitrogen and oxygen atoms in total. The minimum absolute atomic E-state index is 0.00953. The summed E-state index contributed by atoms with van der Waals surface area (Å²) in [5.74, 6) is 1.18. The number of hydrogen-bond acceptors (Lipinski definition) is 6. The Bertz CT molecular complexity index is 877. The number of aromatic nitrogens is 1. The van der Waals surface area contributed by atoms with Crippen molar-refractivity contribution < 1.29 is 9.47 Å². The molecule has 4 N–H and O–H groups in total. The van der Waals surface area contributed by atoms with Crippen LogP contribution in [0.25, 0.3) is 11.1 Å². The molecule has 1 aromatic carbocycles. The quantitative estimate of drug-likeness (QED) is 0.873. The van der Waals surface area contributed by atoms with E-state index in [9.17, 15) is 5.26 Å². The van der Waals surface area contributed by atoms with Gasteiger partial charge in [-0.2, -0.15) is 5.26 Å². The lowest BCUT2D eigenvalue weighted by Crippen LogP contribution is -2.29. The molecule has 1 aliphatic carbocycles. The minimum atomic E-state index is 0.00953. The molecule has 0 amide bonds. The fraction of sp³-hybridized carbons (Fsp3) is 0.333. The molecule has 1 heterocycles. The van der Waals surface area contributed by atoms with Gasteiger partial charge in [0.25, 0.3) is 0 Å². The van der Waals surface area contributed by atoms with Crippen molar-refractivity contribution in [1.29, 1.82) is 5.26 Å². The first-order valence-corrected chi connectivity index (χ1v) is 8.26. The molecule has 0 radical (unpaired) electrons. The molecule has 25 heavy (non-hydrogen) atoms. The van der Waals surface area contributed by atoms with Crippen LogP contribution in [0, 0.1) is 11.3 Å². The average Bonchev–Trinajstić information content (AvgIpc) is 2.60. The number of halogens is 1. The van der Waals surface area contributed by atoms with E-state index in [0.29, 0.717) is 39.6 Å². The Labute approximate surface area is 151 Å². The van der Waals surface area contributed by atoms with Crippen LogP contribution in [0.3, 0.4) is 0 Å². The van der Waals surface area contributed by atoms with Crippen LogP contribution in [-0.4, -0.2) is 25.2 Å². The highest BCUT2D eigenvalue weighted by molar-refractivity contribution is 6.31. The lowest BCUT2D eigenvalue weighted by Gasteiger charge is -2.26. The third kappa shape index (κ3) is 2.97. The zero-order valence-corrected chi connectivity index (χ0v) is 14.9. The van der Waals surface area contributed by atoms with Crippen LogP contribution in [0.5, 0.6) is 11.5 Å². The van der Waals surface area contributed by atoms with Crippen molar-refractivity contribution >= 4 is 17.4 Å². The van der Waals surface area contributed by atoms with Crippen molar-refractivity contribution in [3.05, 3.63) is 34.0 Å². The molecular formula is C18H19ClN4O2. The van der Waals surface area contributed by atoms with E-state index in [-0.39, 0.29) is 11.9 Å². The number of benzene rings is 1. The molecular weight excluding hydrogens is 340 g/mol. The Morgan fingerprint density at radius 3 is 2.72 bits per heavy atom. The third-order valence-corrected chi connectivity index (χ3v) is 4.67. The van der Waals surface area contributed by atoms with E-state index < -0.39 is 0 Å². The van der Waals surface area contributed by atoms with Gasteiger partial charge in [0.2, 0.25) is 0 Å². The molecule has 0 unspecified atom stereocenters. The van der Waals surface area contributed by atoms with Crippen molar-refractivity contribution in [2.24, 2.45) is 5.73 Å². The number of rotatable bonds is 3. The van der Waals surface area contributed by atoms with Crippen LogP contribution in [0.2, 0.25) is 5.02 Å². The highest BCUT2D eigenvalue weighted by Crippen LogP contribution is 2.45. The van der Waals surface area contributed by atoms with Crippen molar-refractivity contribution in [3.8, 4) is 28.7 Å². The smallest absolute Gasteiger partial charge is 0.168 e. The first-order chi connectivity index (χ1) is 12.0. The summed E-state index contributed by atoms with van der Waals surface area (Å²) in [7, 11) is 3.08. The van der Waals surface area contributed by atoms with Crippen LogP contribution >= 0.6 is 11.6 Å². The summed E-state index contributed by atoms with van der Waals surface area (Å²) in [4.78, 5) is 4.42. The molecule has 130 valence electrons. The second-order valence-corrected chi connectivity index (χ2v) is 6.41. The number of fused-ring (bicyclic) bond motifs is 1. The summed E-state index contributed by atoms with van der Waals surface area (Å²) < 4.78 is 10.9. The van der Waals surface area contributed by atoms with Crippen LogP contribution in [-0.2, 0) is 12.8 Å². The van der Waals surface area contributed by atoms with Gasteiger partial charge in [-0.25, -0.2) is 4.98 Å². The molecule has 0 bridgehead atoms. The van der Waals surface area contributed by atoms with E-state index in [4.69, 9.17) is 32.5 Å². The SMILES string of the molecule is COc1cc(Cl)cc(-c2c(C#N)c(N)nc3c2C[C@@H](N)CC3)c1OC. The molecule has 7 heteroatoms. The van der Waals surface area contributed by atoms with E-state index >= 15 is 0 Å². The predicted octanol–water partition coefficient (Wildman–Crippen LogP) is 2.69. The lowest BCUT2D eigenvalue weighted by molar-refractivity contribution is 0.356.